The number of carbonyl (C=O) groups excluding carboxylic acids is 2. The van der Waals surface area contributed by atoms with Gasteiger partial charge in [-0.05, 0) is 47.7 Å². The highest BCUT2D eigenvalue weighted by Crippen LogP contribution is 2.35. The van der Waals surface area contributed by atoms with E-state index >= 15 is 0 Å². The van der Waals surface area contributed by atoms with E-state index in [9.17, 15) is 19.1 Å². The standard InChI is InChI=1S/C20H19FIN3O7/c1-2-30-20(29)13-7-23-6-12-16(24-15-4-3-10(22)5-14(15)21)18(32-17(12)13)19(28)25-31-9-11(27)8-26/h3-7,11,24,26-27H,2,8-9H2,1H3,(H,25,28)/t11-/m1/s1. The van der Waals surface area contributed by atoms with Crippen molar-refractivity contribution in [2.75, 3.05) is 25.1 Å². The lowest BCUT2D eigenvalue weighted by Gasteiger charge is -2.10. The Balaban J connectivity index is 2.04. The molecule has 0 spiro atoms. The zero-order valence-corrected chi connectivity index (χ0v) is 18.9. The molecule has 0 fully saturated rings. The number of nitrogens with zero attached hydrogens (tertiary/aromatic N) is 1. The second-order valence-corrected chi connectivity index (χ2v) is 7.66. The van der Waals surface area contributed by atoms with Crippen molar-refractivity contribution >= 4 is 56.8 Å². The third kappa shape index (κ3) is 5.32. The molecule has 0 aliphatic heterocycles. The van der Waals surface area contributed by atoms with E-state index in [0.717, 1.165) is 0 Å². The fraction of sp³-hybridized carbons (Fsp3) is 0.250. The maximum absolute atomic E-state index is 14.4. The molecule has 0 bridgehead atoms. The van der Waals surface area contributed by atoms with Crippen LogP contribution in [0.5, 0.6) is 0 Å². The number of hydrogen-bond donors (Lipinski definition) is 4. The molecule has 0 unspecified atom stereocenters. The normalized spacial score (nSPS) is 11.9. The van der Waals surface area contributed by atoms with Crippen molar-refractivity contribution in [3.8, 4) is 0 Å². The summed E-state index contributed by atoms with van der Waals surface area (Å²) < 4.78 is 25.8. The van der Waals surface area contributed by atoms with Crippen LogP contribution in [0.3, 0.4) is 0 Å². The van der Waals surface area contributed by atoms with E-state index in [-0.39, 0.29) is 46.9 Å². The Bertz CT molecular complexity index is 1140. The molecule has 32 heavy (non-hydrogen) atoms. The Labute approximate surface area is 194 Å². The number of aromatic nitrogens is 1. The van der Waals surface area contributed by atoms with Gasteiger partial charge in [0.1, 0.15) is 29.8 Å². The average molecular weight is 559 g/mol. The molecule has 2 heterocycles. The fourth-order valence-corrected chi connectivity index (χ4v) is 3.13. The summed E-state index contributed by atoms with van der Waals surface area (Å²) in [4.78, 5) is 33.9. The number of furan rings is 1. The maximum atomic E-state index is 14.4. The fourth-order valence-electron chi connectivity index (χ4n) is 2.68. The molecule has 12 heteroatoms. The number of anilines is 2. The van der Waals surface area contributed by atoms with Crippen LogP contribution in [-0.4, -0.2) is 53.0 Å². The van der Waals surface area contributed by atoms with Crippen molar-refractivity contribution in [3.05, 3.63) is 51.3 Å². The van der Waals surface area contributed by atoms with Gasteiger partial charge in [-0.3, -0.25) is 14.6 Å². The summed E-state index contributed by atoms with van der Waals surface area (Å²) in [7, 11) is 0. The van der Waals surface area contributed by atoms with Gasteiger partial charge in [-0.15, -0.1) is 0 Å². The van der Waals surface area contributed by atoms with Crippen molar-refractivity contribution in [2.45, 2.75) is 13.0 Å². The van der Waals surface area contributed by atoms with Gasteiger partial charge in [-0.2, -0.15) is 0 Å². The third-order valence-corrected chi connectivity index (χ3v) is 4.81. The molecule has 2 aromatic heterocycles. The second kappa shape index (κ2) is 10.7. The van der Waals surface area contributed by atoms with Gasteiger partial charge in [-0.25, -0.2) is 14.7 Å². The number of hydroxylamine groups is 1. The number of carbonyl (C=O) groups is 2. The number of ether oxygens (including phenoxy) is 1. The summed E-state index contributed by atoms with van der Waals surface area (Å²) in [5.41, 5.74) is 2.16. The molecule has 0 radical (unpaired) electrons. The molecule has 0 aliphatic carbocycles. The van der Waals surface area contributed by atoms with E-state index in [4.69, 9.17) is 19.1 Å². The number of benzene rings is 1. The second-order valence-electron chi connectivity index (χ2n) is 6.42. The predicted octanol–water partition coefficient (Wildman–Crippen LogP) is 2.51. The zero-order valence-electron chi connectivity index (χ0n) is 16.7. The number of halogens is 2. The predicted molar refractivity (Wildman–Crippen MR) is 119 cm³/mol. The van der Waals surface area contributed by atoms with Gasteiger partial charge >= 0.3 is 11.9 Å². The van der Waals surface area contributed by atoms with Crippen LogP contribution in [0.2, 0.25) is 0 Å². The van der Waals surface area contributed by atoms with Crippen LogP contribution in [0, 0.1) is 9.39 Å². The van der Waals surface area contributed by atoms with E-state index in [1.807, 2.05) is 22.6 Å². The van der Waals surface area contributed by atoms with Gasteiger partial charge in [0.05, 0.1) is 24.3 Å². The van der Waals surface area contributed by atoms with Crippen LogP contribution >= 0.6 is 22.6 Å². The molecular formula is C20H19FIN3O7. The van der Waals surface area contributed by atoms with Crippen LogP contribution in [0.25, 0.3) is 11.0 Å². The van der Waals surface area contributed by atoms with Gasteiger partial charge in [0, 0.05) is 16.0 Å². The summed E-state index contributed by atoms with van der Waals surface area (Å²) in [6.45, 7) is 0.807. The Morgan fingerprint density at radius 3 is 2.81 bits per heavy atom. The largest absolute Gasteiger partial charge is 0.462 e. The summed E-state index contributed by atoms with van der Waals surface area (Å²) in [6, 6.07) is 4.44. The molecule has 0 saturated heterocycles. The molecular weight excluding hydrogens is 540 g/mol. The minimum Gasteiger partial charge on any atom is -0.462 e. The quantitative estimate of drug-likeness (QED) is 0.177. The number of esters is 1. The SMILES string of the molecule is CCOC(=O)c1cncc2c(Nc3ccc(I)cc3F)c(C(=O)NOC[C@H](O)CO)oc12. The minimum absolute atomic E-state index is 0.00686. The zero-order chi connectivity index (χ0) is 23.3. The first kappa shape index (κ1) is 23.8. The topological polar surface area (TPSA) is 143 Å². The van der Waals surface area contributed by atoms with E-state index in [0.29, 0.717) is 3.57 Å². The Kier molecular flexibility index (Phi) is 7.95. The molecule has 0 saturated carbocycles. The van der Waals surface area contributed by atoms with E-state index in [2.05, 4.69) is 15.8 Å². The molecule has 1 amide bonds. The van der Waals surface area contributed by atoms with Crippen LogP contribution < -0.4 is 10.8 Å². The summed E-state index contributed by atoms with van der Waals surface area (Å²) in [5.74, 6) is -2.49. The summed E-state index contributed by atoms with van der Waals surface area (Å²) >= 11 is 1.96. The first-order chi connectivity index (χ1) is 15.3. The number of fused-ring (bicyclic) bond motifs is 1. The van der Waals surface area contributed by atoms with Crippen LogP contribution in [0.4, 0.5) is 15.8 Å². The Morgan fingerprint density at radius 1 is 1.34 bits per heavy atom. The van der Waals surface area contributed by atoms with Gasteiger partial charge in [-0.1, -0.05) is 0 Å². The average Bonchev–Trinajstić information content (AvgIpc) is 3.14. The number of aliphatic hydroxyl groups excluding tert-OH is 2. The van der Waals surface area contributed by atoms with Crippen LogP contribution in [-0.2, 0) is 9.57 Å². The smallest absolute Gasteiger partial charge is 0.343 e. The lowest BCUT2D eigenvalue weighted by atomic mass is 10.2. The number of hydrogen-bond acceptors (Lipinski definition) is 9. The first-order valence-corrected chi connectivity index (χ1v) is 10.4. The maximum Gasteiger partial charge on any atom is 0.343 e. The lowest BCUT2D eigenvalue weighted by Crippen LogP contribution is -2.30. The Hall–Kier alpha value is -2.81. The van der Waals surface area contributed by atoms with Crippen LogP contribution in [0.15, 0.2) is 35.0 Å². The van der Waals surface area contributed by atoms with Crippen molar-refractivity contribution in [3.63, 3.8) is 0 Å². The molecule has 0 aliphatic rings. The van der Waals surface area contributed by atoms with Crippen molar-refractivity contribution in [2.24, 2.45) is 0 Å². The number of nitrogens with one attached hydrogen (secondary N) is 2. The minimum atomic E-state index is -1.20. The van der Waals surface area contributed by atoms with E-state index < -0.39 is 30.4 Å². The number of aliphatic hydroxyl groups is 2. The number of amides is 1. The van der Waals surface area contributed by atoms with Gasteiger partial charge in [0.2, 0.25) is 5.76 Å². The van der Waals surface area contributed by atoms with Crippen molar-refractivity contribution in [1.29, 1.82) is 0 Å². The number of pyridine rings is 1. The molecule has 3 rings (SSSR count). The molecule has 10 nitrogen and oxygen atoms in total. The molecule has 1 atom stereocenters. The highest BCUT2D eigenvalue weighted by molar-refractivity contribution is 14.1. The molecule has 3 aromatic rings. The van der Waals surface area contributed by atoms with Crippen molar-refractivity contribution in [1.82, 2.24) is 10.5 Å². The van der Waals surface area contributed by atoms with Gasteiger partial charge < -0.3 is 24.7 Å². The van der Waals surface area contributed by atoms with Gasteiger partial charge in [0.15, 0.2) is 5.58 Å². The van der Waals surface area contributed by atoms with Gasteiger partial charge in [0.25, 0.3) is 0 Å². The third-order valence-electron chi connectivity index (χ3n) is 4.14. The summed E-state index contributed by atoms with van der Waals surface area (Å²) in [6.07, 6.45) is 1.38. The lowest BCUT2D eigenvalue weighted by molar-refractivity contribution is -0.0302. The Morgan fingerprint density at radius 2 is 2.12 bits per heavy atom. The van der Waals surface area contributed by atoms with E-state index in [1.54, 1.807) is 13.0 Å². The molecule has 1 aromatic carbocycles. The highest BCUT2D eigenvalue weighted by Gasteiger charge is 2.26. The summed E-state index contributed by atoms with van der Waals surface area (Å²) in [5, 5.41) is 21.2. The van der Waals surface area contributed by atoms with E-state index in [1.165, 1.54) is 24.5 Å². The molecule has 170 valence electrons. The highest BCUT2D eigenvalue weighted by atomic mass is 127. The molecule has 4 N–H and O–H groups in total. The van der Waals surface area contributed by atoms with Crippen LogP contribution in [0.1, 0.15) is 27.8 Å². The first-order valence-electron chi connectivity index (χ1n) is 9.36. The monoisotopic (exact) mass is 559 g/mol. The number of rotatable bonds is 9. The van der Waals surface area contributed by atoms with Crippen molar-refractivity contribution < 1.29 is 38.2 Å².